The third kappa shape index (κ3) is 2.75. The molecule has 1 rings (SSSR count). The van der Waals surface area contributed by atoms with Crippen LogP contribution in [0.5, 0.6) is 0 Å². The zero-order valence-electron chi connectivity index (χ0n) is 9.09. The molecule has 0 aliphatic rings. The van der Waals surface area contributed by atoms with Crippen molar-refractivity contribution in [1.29, 1.82) is 0 Å². The lowest BCUT2D eigenvalue weighted by Gasteiger charge is -2.29. The molecule has 0 aliphatic heterocycles. The minimum absolute atomic E-state index is 0.295. The maximum atomic E-state index is 6.07. The Morgan fingerprint density at radius 2 is 1.64 bits per heavy atom. The van der Waals surface area contributed by atoms with Gasteiger partial charge in [-0.3, -0.25) is 0 Å². The molecule has 0 bridgehead atoms. The van der Waals surface area contributed by atoms with E-state index < -0.39 is 0 Å². The first-order valence-electron chi connectivity index (χ1n) is 5.36. The molecule has 14 heavy (non-hydrogen) atoms. The summed E-state index contributed by atoms with van der Waals surface area (Å²) in [5, 5.41) is 0. The van der Waals surface area contributed by atoms with Gasteiger partial charge in [0.2, 0.25) is 0 Å². The van der Waals surface area contributed by atoms with Gasteiger partial charge in [0, 0.05) is 5.88 Å². The average molecular weight is 211 g/mol. The molecule has 1 aromatic rings. The molecule has 0 heterocycles. The van der Waals surface area contributed by atoms with E-state index in [2.05, 4.69) is 44.2 Å². The second kappa shape index (κ2) is 5.41. The molecule has 0 amide bonds. The Balaban J connectivity index is 2.74. The summed E-state index contributed by atoms with van der Waals surface area (Å²) >= 11 is 6.07. The predicted octanol–water partition coefficient (Wildman–Crippen LogP) is 4.27. The Labute approximate surface area is 92.3 Å². The van der Waals surface area contributed by atoms with Crippen molar-refractivity contribution in [2.24, 2.45) is 5.41 Å². The molecule has 1 aromatic carbocycles. The highest BCUT2D eigenvalue weighted by molar-refractivity contribution is 6.18. The highest BCUT2D eigenvalue weighted by Gasteiger charge is 2.24. The van der Waals surface area contributed by atoms with E-state index in [1.165, 1.54) is 5.56 Å². The van der Waals surface area contributed by atoms with Crippen LogP contribution >= 0.6 is 11.6 Å². The van der Waals surface area contributed by atoms with E-state index in [0.717, 1.165) is 25.1 Å². The lowest BCUT2D eigenvalue weighted by atomic mass is 9.79. The predicted molar refractivity (Wildman–Crippen MR) is 63.9 cm³/mol. The zero-order valence-corrected chi connectivity index (χ0v) is 9.85. The minimum Gasteiger partial charge on any atom is -0.126 e. The van der Waals surface area contributed by atoms with Crippen molar-refractivity contribution in [2.45, 2.75) is 33.1 Å². The summed E-state index contributed by atoms with van der Waals surface area (Å²) in [4.78, 5) is 0. The van der Waals surface area contributed by atoms with Crippen molar-refractivity contribution in [3.63, 3.8) is 0 Å². The second-order valence-corrected chi connectivity index (χ2v) is 4.27. The molecular formula is C13H19Cl. The Hall–Kier alpha value is -0.490. The fourth-order valence-corrected chi connectivity index (χ4v) is 2.24. The number of halogens is 1. The number of alkyl halides is 1. The highest BCUT2D eigenvalue weighted by Crippen LogP contribution is 2.32. The van der Waals surface area contributed by atoms with Gasteiger partial charge in [0.1, 0.15) is 0 Å². The molecule has 78 valence electrons. The number of rotatable bonds is 5. The van der Waals surface area contributed by atoms with Crippen LogP contribution in [-0.2, 0) is 6.42 Å². The smallest absolute Gasteiger partial charge is 0.0282 e. The van der Waals surface area contributed by atoms with Gasteiger partial charge < -0.3 is 0 Å². The Kier molecular flexibility index (Phi) is 4.47. The molecule has 0 aromatic heterocycles. The minimum atomic E-state index is 0.295. The molecule has 1 heteroatoms. The van der Waals surface area contributed by atoms with E-state index in [1.54, 1.807) is 0 Å². The average Bonchev–Trinajstić information content (AvgIpc) is 2.28. The first-order valence-corrected chi connectivity index (χ1v) is 5.89. The zero-order chi connectivity index (χ0) is 10.4. The second-order valence-electron chi connectivity index (χ2n) is 4.00. The topological polar surface area (TPSA) is 0 Å². The number of hydrogen-bond donors (Lipinski definition) is 0. The molecule has 0 saturated carbocycles. The van der Waals surface area contributed by atoms with Gasteiger partial charge in [-0.15, -0.1) is 11.6 Å². The van der Waals surface area contributed by atoms with Gasteiger partial charge in [-0.2, -0.15) is 0 Å². The van der Waals surface area contributed by atoms with Crippen LogP contribution in [0.2, 0.25) is 0 Å². The van der Waals surface area contributed by atoms with Crippen LogP contribution in [0.25, 0.3) is 0 Å². The Morgan fingerprint density at radius 1 is 1.07 bits per heavy atom. The van der Waals surface area contributed by atoms with Crippen LogP contribution in [0, 0.1) is 5.41 Å². The third-order valence-corrected chi connectivity index (χ3v) is 3.77. The van der Waals surface area contributed by atoms with Gasteiger partial charge >= 0.3 is 0 Å². The summed E-state index contributed by atoms with van der Waals surface area (Å²) < 4.78 is 0. The summed E-state index contributed by atoms with van der Waals surface area (Å²) in [6.07, 6.45) is 3.41. The van der Waals surface area contributed by atoms with Gasteiger partial charge in [-0.1, -0.05) is 44.2 Å². The van der Waals surface area contributed by atoms with Gasteiger partial charge in [-0.25, -0.2) is 0 Å². The van der Waals surface area contributed by atoms with Crippen molar-refractivity contribution in [1.82, 2.24) is 0 Å². The van der Waals surface area contributed by atoms with Crippen LogP contribution in [0.3, 0.4) is 0 Å². The van der Waals surface area contributed by atoms with Crippen LogP contribution < -0.4 is 0 Å². The fraction of sp³-hybridized carbons (Fsp3) is 0.538. The molecule has 0 aliphatic carbocycles. The third-order valence-electron chi connectivity index (χ3n) is 3.21. The molecule has 0 atom stereocenters. The molecule has 0 fully saturated rings. The normalized spacial score (nSPS) is 11.6. The maximum Gasteiger partial charge on any atom is 0.0282 e. The van der Waals surface area contributed by atoms with E-state index in [9.17, 15) is 0 Å². The van der Waals surface area contributed by atoms with Crippen molar-refractivity contribution >= 4 is 11.6 Å². The Bertz CT molecular complexity index is 241. The monoisotopic (exact) mass is 210 g/mol. The Morgan fingerprint density at radius 3 is 2.07 bits per heavy atom. The van der Waals surface area contributed by atoms with Crippen LogP contribution in [-0.4, -0.2) is 5.88 Å². The van der Waals surface area contributed by atoms with Gasteiger partial charge in [-0.05, 0) is 30.2 Å². The highest BCUT2D eigenvalue weighted by atomic mass is 35.5. The van der Waals surface area contributed by atoms with Crippen molar-refractivity contribution < 1.29 is 0 Å². The lowest BCUT2D eigenvalue weighted by Crippen LogP contribution is -2.23. The van der Waals surface area contributed by atoms with Crippen LogP contribution in [0.15, 0.2) is 30.3 Å². The summed E-state index contributed by atoms with van der Waals surface area (Å²) in [7, 11) is 0. The summed E-state index contributed by atoms with van der Waals surface area (Å²) in [6.45, 7) is 4.46. The van der Waals surface area contributed by atoms with E-state index in [0.29, 0.717) is 5.41 Å². The molecule has 0 saturated heterocycles. The number of benzene rings is 1. The molecule has 0 N–H and O–H groups in total. The summed E-state index contributed by atoms with van der Waals surface area (Å²) in [5.41, 5.74) is 1.69. The van der Waals surface area contributed by atoms with Crippen molar-refractivity contribution in [2.75, 3.05) is 5.88 Å². The van der Waals surface area contributed by atoms with E-state index >= 15 is 0 Å². The molecule has 0 nitrogen and oxygen atoms in total. The van der Waals surface area contributed by atoms with Crippen molar-refractivity contribution in [3.8, 4) is 0 Å². The first-order chi connectivity index (χ1) is 6.76. The lowest BCUT2D eigenvalue weighted by molar-refractivity contribution is 0.302. The largest absolute Gasteiger partial charge is 0.126 e. The van der Waals surface area contributed by atoms with Crippen LogP contribution in [0.1, 0.15) is 32.3 Å². The first kappa shape index (κ1) is 11.6. The maximum absolute atomic E-state index is 6.07. The number of hydrogen-bond acceptors (Lipinski definition) is 0. The van der Waals surface area contributed by atoms with Gasteiger partial charge in [0.15, 0.2) is 0 Å². The van der Waals surface area contributed by atoms with E-state index in [-0.39, 0.29) is 0 Å². The van der Waals surface area contributed by atoms with Crippen molar-refractivity contribution in [3.05, 3.63) is 35.9 Å². The fourth-order valence-electron chi connectivity index (χ4n) is 1.77. The molecular weight excluding hydrogens is 192 g/mol. The van der Waals surface area contributed by atoms with Gasteiger partial charge in [0.05, 0.1) is 0 Å². The molecule has 0 radical (unpaired) electrons. The quantitative estimate of drug-likeness (QED) is 0.637. The van der Waals surface area contributed by atoms with E-state index in [4.69, 9.17) is 11.6 Å². The van der Waals surface area contributed by atoms with Crippen LogP contribution in [0.4, 0.5) is 0 Å². The standard InChI is InChI=1S/C13H19Cl/c1-3-13(4-2,11-14)10-12-8-6-5-7-9-12/h5-9H,3-4,10-11H2,1-2H3. The van der Waals surface area contributed by atoms with E-state index in [1.807, 2.05) is 0 Å². The molecule has 0 spiro atoms. The summed E-state index contributed by atoms with van der Waals surface area (Å²) in [6, 6.07) is 10.6. The molecule has 0 unspecified atom stereocenters. The SMILES string of the molecule is CCC(CC)(CCl)Cc1ccccc1. The summed E-state index contributed by atoms with van der Waals surface area (Å²) in [5.74, 6) is 0.759. The van der Waals surface area contributed by atoms with Gasteiger partial charge in [0.25, 0.3) is 0 Å².